The molecule has 1 aliphatic rings. The summed E-state index contributed by atoms with van der Waals surface area (Å²) in [4.78, 5) is 39.3. The Morgan fingerprint density at radius 1 is 1.26 bits per heavy atom. The lowest BCUT2D eigenvalue weighted by Crippen LogP contribution is -2.55. The molecule has 3 amide bonds. The van der Waals surface area contributed by atoms with Gasteiger partial charge in [-0.15, -0.1) is 0 Å². The average Bonchev–Trinajstić information content (AvgIpc) is 3.09. The fraction of sp³-hybridized carbons (Fsp3) is 0.533. The second-order valence-electron chi connectivity index (χ2n) is 5.45. The highest BCUT2D eigenvalue weighted by molar-refractivity contribution is 5.95. The van der Waals surface area contributed by atoms with Crippen LogP contribution < -0.4 is 10.6 Å². The molecule has 0 bridgehead atoms. The lowest BCUT2D eigenvalue weighted by atomic mass is 10.2. The fourth-order valence-corrected chi connectivity index (χ4v) is 2.42. The molecule has 1 aliphatic heterocycles. The molecule has 0 spiro atoms. The van der Waals surface area contributed by atoms with Gasteiger partial charge in [-0.05, 0) is 19.1 Å². The Labute approximate surface area is 134 Å². The standard InChI is InChI=1S/C15H22N4O4/c1-11(17-14(21)12-4-3-9-23-12)15(22)19-7-5-18(6-8-19)10-13(20)16-2/h3-4,9,11H,5-8,10H2,1-2H3,(H,16,20)(H,17,21). The summed E-state index contributed by atoms with van der Waals surface area (Å²) in [5.41, 5.74) is 0. The number of hydrogen-bond acceptors (Lipinski definition) is 5. The normalized spacial score (nSPS) is 16.7. The molecule has 2 rings (SSSR count). The van der Waals surface area contributed by atoms with Crippen LogP contribution in [0.5, 0.6) is 0 Å². The minimum absolute atomic E-state index is 0.0381. The molecule has 1 saturated heterocycles. The van der Waals surface area contributed by atoms with E-state index in [9.17, 15) is 14.4 Å². The van der Waals surface area contributed by atoms with Crippen molar-refractivity contribution in [3.63, 3.8) is 0 Å². The van der Waals surface area contributed by atoms with Gasteiger partial charge in [0.05, 0.1) is 12.8 Å². The van der Waals surface area contributed by atoms with Gasteiger partial charge in [-0.3, -0.25) is 19.3 Å². The predicted octanol–water partition coefficient (Wildman–Crippen LogP) is -0.712. The van der Waals surface area contributed by atoms with Crippen molar-refractivity contribution >= 4 is 17.7 Å². The van der Waals surface area contributed by atoms with Crippen molar-refractivity contribution in [2.45, 2.75) is 13.0 Å². The Balaban J connectivity index is 1.80. The third-order valence-corrected chi connectivity index (χ3v) is 3.79. The number of carbonyl (C=O) groups is 3. The molecule has 0 saturated carbocycles. The first-order valence-electron chi connectivity index (χ1n) is 7.57. The van der Waals surface area contributed by atoms with Crippen LogP contribution in [0.15, 0.2) is 22.8 Å². The Morgan fingerprint density at radius 2 is 1.96 bits per heavy atom. The van der Waals surface area contributed by atoms with Crippen molar-refractivity contribution < 1.29 is 18.8 Å². The maximum absolute atomic E-state index is 12.4. The third-order valence-electron chi connectivity index (χ3n) is 3.79. The number of amides is 3. The maximum Gasteiger partial charge on any atom is 0.287 e. The van der Waals surface area contributed by atoms with Crippen LogP contribution in [0.2, 0.25) is 0 Å². The molecule has 23 heavy (non-hydrogen) atoms. The summed E-state index contributed by atoms with van der Waals surface area (Å²) in [6.45, 7) is 4.34. The lowest BCUT2D eigenvalue weighted by Gasteiger charge is -2.35. The Hall–Kier alpha value is -2.35. The molecule has 1 atom stereocenters. The van der Waals surface area contributed by atoms with Crippen molar-refractivity contribution in [1.82, 2.24) is 20.4 Å². The van der Waals surface area contributed by atoms with Gasteiger partial charge in [0.15, 0.2) is 5.76 Å². The minimum Gasteiger partial charge on any atom is -0.459 e. The Morgan fingerprint density at radius 3 is 2.52 bits per heavy atom. The van der Waals surface area contributed by atoms with E-state index in [1.165, 1.54) is 6.26 Å². The largest absolute Gasteiger partial charge is 0.459 e. The van der Waals surface area contributed by atoms with Crippen LogP contribution in [0.3, 0.4) is 0 Å². The van der Waals surface area contributed by atoms with Crippen LogP contribution in [0.1, 0.15) is 17.5 Å². The summed E-state index contributed by atoms with van der Waals surface area (Å²) in [5, 5.41) is 5.21. The first-order chi connectivity index (χ1) is 11.0. The van der Waals surface area contributed by atoms with Gasteiger partial charge < -0.3 is 20.0 Å². The van der Waals surface area contributed by atoms with Crippen LogP contribution in [-0.2, 0) is 9.59 Å². The number of nitrogens with zero attached hydrogens (tertiary/aromatic N) is 2. The summed E-state index contributed by atoms with van der Waals surface area (Å²) >= 11 is 0. The van der Waals surface area contributed by atoms with Crippen LogP contribution in [0.4, 0.5) is 0 Å². The maximum atomic E-state index is 12.4. The van der Waals surface area contributed by atoms with E-state index in [0.717, 1.165) is 0 Å². The minimum atomic E-state index is -0.627. The quantitative estimate of drug-likeness (QED) is 0.747. The van der Waals surface area contributed by atoms with Gasteiger partial charge in [0.25, 0.3) is 5.91 Å². The van der Waals surface area contributed by atoms with Crippen LogP contribution in [0, 0.1) is 0 Å². The zero-order valence-electron chi connectivity index (χ0n) is 13.4. The van der Waals surface area contributed by atoms with E-state index in [-0.39, 0.29) is 17.6 Å². The summed E-state index contributed by atoms with van der Waals surface area (Å²) in [6, 6.07) is 2.54. The predicted molar refractivity (Wildman–Crippen MR) is 82.7 cm³/mol. The van der Waals surface area contributed by atoms with Crippen molar-refractivity contribution in [2.24, 2.45) is 0 Å². The number of furan rings is 1. The van der Waals surface area contributed by atoms with Crippen LogP contribution >= 0.6 is 0 Å². The first-order valence-corrected chi connectivity index (χ1v) is 7.57. The number of carbonyl (C=O) groups excluding carboxylic acids is 3. The molecule has 2 N–H and O–H groups in total. The molecule has 0 radical (unpaired) electrons. The van der Waals surface area contributed by atoms with Crippen molar-refractivity contribution in [2.75, 3.05) is 39.8 Å². The monoisotopic (exact) mass is 322 g/mol. The highest BCUT2D eigenvalue weighted by atomic mass is 16.3. The van der Waals surface area contributed by atoms with E-state index in [1.54, 1.807) is 31.0 Å². The summed E-state index contributed by atoms with van der Waals surface area (Å²) in [6.07, 6.45) is 1.41. The van der Waals surface area contributed by atoms with Crippen LogP contribution in [0.25, 0.3) is 0 Å². The third kappa shape index (κ3) is 4.56. The number of rotatable bonds is 5. The molecular formula is C15H22N4O4. The van der Waals surface area contributed by atoms with E-state index < -0.39 is 11.9 Å². The molecule has 1 unspecified atom stereocenters. The zero-order valence-corrected chi connectivity index (χ0v) is 13.4. The van der Waals surface area contributed by atoms with Gasteiger partial charge in [0.1, 0.15) is 6.04 Å². The van der Waals surface area contributed by atoms with Gasteiger partial charge in [-0.2, -0.15) is 0 Å². The van der Waals surface area contributed by atoms with Crippen molar-refractivity contribution in [3.05, 3.63) is 24.2 Å². The SMILES string of the molecule is CNC(=O)CN1CCN(C(=O)C(C)NC(=O)c2ccco2)CC1. The van der Waals surface area contributed by atoms with Gasteiger partial charge >= 0.3 is 0 Å². The van der Waals surface area contributed by atoms with Gasteiger partial charge in [-0.25, -0.2) is 0 Å². The second-order valence-corrected chi connectivity index (χ2v) is 5.45. The summed E-state index contributed by atoms with van der Waals surface area (Å²) < 4.78 is 5.00. The molecule has 0 aromatic carbocycles. The lowest BCUT2D eigenvalue weighted by molar-refractivity contribution is -0.134. The molecule has 0 aliphatic carbocycles. The zero-order chi connectivity index (χ0) is 16.8. The molecular weight excluding hydrogens is 300 g/mol. The number of piperazine rings is 1. The topological polar surface area (TPSA) is 94.9 Å². The molecule has 8 nitrogen and oxygen atoms in total. The van der Waals surface area contributed by atoms with E-state index >= 15 is 0 Å². The van der Waals surface area contributed by atoms with Crippen molar-refractivity contribution in [3.8, 4) is 0 Å². The summed E-state index contributed by atoms with van der Waals surface area (Å²) in [5.74, 6) is -0.400. The second kappa shape index (κ2) is 7.77. The highest BCUT2D eigenvalue weighted by Gasteiger charge is 2.27. The number of likely N-dealkylation sites (N-methyl/N-ethyl adjacent to an activating group) is 1. The van der Waals surface area contributed by atoms with Crippen LogP contribution in [-0.4, -0.2) is 73.3 Å². The summed E-state index contributed by atoms with van der Waals surface area (Å²) in [7, 11) is 1.60. The molecule has 1 aromatic heterocycles. The van der Waals surface area contributed by atoms with E-state index in [2.05, 4.69) is 10.6 Å². The Bertz CT molecular complexity index is 550. The number of hydrogen-bond donors (Lipinski definition) is 2. The smallest absolute Gasteiger partial charge is 0.287 e. The van der Waals surface area contributed by atoms with Crippen molar-refractivity contribution in [1.29, 1.82) is 0 Å². The molecule has 8 heteroatoms. The molecule has 1 aromatic rings. The Kier molecular flexibility index (Phi) is 5.75. The average molecular weight is 322 g/mol. The molecule has 1 fully saturated rings. The molecule has 126 valence electrons. The fourth-order valence-electron chi connectivity index (χ4n) is 2.42. The highest BCUT2D eigenvalue weighted by Crippen LogP contribution is 2.05. The van der Waals surface area contributed by atoms with E-state index in [1.807, 2.05) is 4.90 Å². The van der Waals surface area contributed by atoms with Gasteiger partial charge in [-0.1, -0.05) is 0 Å². The van der Waals surface area contributed by atoms with E-state index in [0.29, 0.717) is 32.7 Å². The van der Waals surface area contributed by atoms with E-state index in [4.69, 9.17) is 4.42 Å². The van der Waals surface area contributed by atoms with Gasteiger partial charge in [0, 0.05) is 33.2 Å². The molecule has 2 heterocycles. The first kappa shape index (κ1) is 17.0. The van der Waals surface area contributed by atoms with Gasteiger partial charge in [0.2, 0.25) is 11.8 Å². The number of nitrogens with one attached hydrogen (secondary N) is 2.